The molecule has 0 spiro atoms. The van der Waals surface area contributed by atoms with Crippen LogP contribution in [-0.4, -0.2) is 14.1 Å². The number of nitrogens with zero attached hydrogens (tertiary/aromatic N) is 1. The minimum Gasteiger partial charge on any atom is -0.345 e. The van der Waals surface area contributed by atoms with Crippen molar-refractivity contribution in [3.63, 3.8) is 0 Å². The monoisotopic (exact) mass is 254 g/mol. The maximum Gasteiger partial charge on any atom is 0.0408 e. The van der Waals surface area contributed by atoms with Gasteiger partial charge in [-0.25, -0.2) is 0 Å². The molecule has 0 saturated carbocycles. The quantitative estimate of drug-likeness (QED) is 0.874. The molecule has 2 aromatic rings. The van der Waals surface area contributed by atoms with Crippen LogP contribution in [0.4, 0.5) is 11.4 Å². The standard InChI is InChI=1S/C17H22N2/c1-4-14-5-9-16(10-6-14)19(3)17-11-7-15(8-12-17)13-18-2/h5-12,18H,4,13H2,1-3H3. The normalized spacial score (nSPS) is 10.5. The van der Waals surface area contributed by atoms with Crippen molar-refractivity contribution in [3.8, 4) is 0 Å². The molecule has 1 N–H and O–H groups in total. The number of hydrogen-bond acceptors (Lipinski definition) is 2. The van der Waals surface area contributed by atoms with Gasteiger partial charge < -0.3 is 10.2 Å². The van der Waals surface area contributed by atoms with E-state index in [1.54, 1.807) is 0 Å². The van der Waals surface area contributed by atoms with Gasteiger partial charge in [0.15, 0.2) is 0 Å². The molecule has 0 aromatic heterocycles. The first-order chi connectivity index (χ1) is 9.24. The molecule has 0 saturated heterocycles. The molecule has 0 radical (unpaired) electrons. The van der Waals surface area contributed by atoms with Crippen molar-refractivity contribution in [2.45, 2.75) is 19.9 Å². The van der Waals surface area contributed by atoms with E-state index in [0.29, 0.717) is 0 Å². The second-order valence-electron chi connectivity index (χ2n) is 4.78. The third kappa shape index (κ3) is 3.36. The molecule has 0 aliphatic rings. The van der Waals surface area contributed by atoms with E-state index >= 15 is 0 Å². The number of anilines is 2. The predicted molar refractivity (Wildman–Crippen MR) is 83.1 cm³/mol. The van der Waals surface area contributed by atoms with Crippen molar-refractivity contribution in [1.82, 2.24) is 5.32 Å². The first kappa shape index (κ1) is 13.6. The van der Waals surface area contributed by atoms with Crippen LogP contribution < -0.4 is 10.2 Å². The van der Waals surface area contributed by atoms with Crippen LogP contribution in [0.5, 0.6) is 0 Å². The minimum atomic E-state index is 0.912. The van der Waals surface area contributed by atoms with Crippen molar-refractivity contribution in [2.24, 2.45) is 0 Å². The van der Waals surface area contributed by atoms with E-state index in [1.165, 1.54) is 22.5 Å². The van der Waals surface area contributed by atoms with E-state index in [-0.39, 0.29) is 0 Å². The van der Waals surface area contributed by atoms with Crippen LogP contribution >= 0.6 is 0 Å². The fourth-order valence-electron chi connectivity index (χ4n) is 2.15. The van der Waals surface area contributed by atoms with Gasteiger partial charge in [-0.15, -0.1) is 0 Å². The summed E-state index contributed by atoms with van der Waals surface area (Å²) in [6.07, 6.45) is 1.09. The molecule has 0 heterocycles. The van der Waals surface area contributed by atoms with Crippen molar-refractivity contribution in [1.29, 1.82) is 0 Å². The lowest BCUT2D eigenvalue weighted by Gasteiger charge is -2.20. The summed E-state index contributed by atoms with van der Waals surface area (Å²) < 4.78 is 0. The fourth-order valence-corrected chi connectivity index (χ4v) is 2.15. The maximum atomic E-state index is 3.16. The Morgan fingerprint density at radius 2 is 1.32 bits per heavy atom. The highest BCUT2D eigenvalue weighted by Crippen LogP contribution is 2.24. The lowest BCUT2D eigenvalue weighted by Crippen LogP contribution is -2.10. The summed E-state index contributed by atoms with van der Waals surface area (Å²) in [5.41, 5.74) is 5.12. The van der Waals surface area contributed by atoms with Crippen LogP contribution in [0.2, 0.25) is 0 Å². The molecule has 2 rings (SSSR count). The Bertz CT molecular complexity index is 500. The van der Waals surface area contributed by atoms with Gasteiger partial charge in [0.05, 0.1) is 0 Å². The zero-order chi connectivity index (χ0) is 13.7. The molecular formula is C17H22N2. The third-order valence-corrected chi connectivity index (χ3v) is 3.44. The number of aryl methyl sites for hydroxylation is 1. The molecule has 19 heavy (non-hydrogen) atoms. The molecule has 0 unspecified atom stereocenters. The van der Waals surface area contributed by atoms with Crippen molar-refractivity contribution >= 4 is 11.4 Å². The van der Waals surface area contributed by atoms with Crippen LogP contribution in [0.3, 0.4) is 0 Å². The van der Waals surface area contributed by atoms with E-state index in [0.717, 1.165) is 13.0 Å². The zero-order valence-corrected chi connectivity index (χ0v) is 12.0. The van der Waals surface area contributed by atoms with E-state index in [1.807, 2.05) is 7.05 Å². The van der Waals surface area contributed by atoms with Gasteiger partial charge in [0.1, 0.15) is 0 Å². The number of hydrogen-bond donors (Lipinski definition) is 1. The van der Waals surface area contributed by atoms with E-state index in [4.69, 9.17) is 0 Å². The summed E-state index contributed by atoms with van der Waals surface area (Å²) in [5, 5.41) is 3.16. The zero-order valence-electron chi connectivity index (χ0n) is 12.0. The second-order valence-corrected chi connectivity index (χ2v) is 4.78. The summed E-state index contributed by atoms with van der Waals surface area (Å²) in [6.45, 7) is 3.09. The topological polar surface area (TPSA) is 15.3 Å². The number of benzene rings is 2. The summed E-state index contributed by atoms with van der Waals surface area (Å²) in [7, 11) is 4.07. The third-order valence-electron chi connectivity index (χ3n) is 3.44. The Hall–Kier alpha value is -1.80. The van der Waals surface area contributed by atoms with Gasteiger partial charge in [-0.3, -0.25) is 0 Å². The lowest BCUT2D eigenvalue weighted by atomic mass is 10.1. The molecule has 100 valence electrons. The van der Waals surface area contributed by atoms with Crippen LogP contribution in [0, 0.1) is 0 Å². The Kier molecular flexibility index (Phi) is 4.58. The first-order valence-electron chi connectivity index (χ1n) is 6.80. The van der Waals surface area contributed by atoms with Gasteiger partial charge >= 0.3 is 0 Å². The van der Waals surface area contributed by atoms with Crippen LogP contribution in [0.25, 0.3) is 0 Å². The molecule has 2 aromatic carbocycles. The second kappa shape index (κ2) is 6.39. The van der Waals surface area contributed by atoms with Gasteiger partial charge in [-0.1, -0.05) is 31.2 Å². The van der Waals surface area contributed by atoms with Gasteiger partial charge in [-0.05, 0) is 48.9 Å². The minimum absolute atomic E-state index is 0.912. The van der Waals surface area contributed by atoms with Crippen molar-refractivity contribution in [3.05, 3.63) is 59.7 Å². The van der Waals surface area contributed by atoms with E-state index < -0.39 is 0 Å². The lowest BCUT2D eigenvalue weighted by molar-refractivity contribution is 0.818. The van der Waals surface area contributed by atoms with Gasteiger partial charge in [0, 0.05) is 25.0 Å². The molecule has 0 fully saturated rings. The highest BCUT2D eigenvalue weighted by Gasteiger charge is 2.03. The predicted octanol–water partition coefficient (Wildman–Crippen LogP) is 3.74. The molecule has 0 bridgehead atoms. The molecule has 2 nitrogen and oxygen atoms in total. The molecule has 0 aliphatic heterocycles. The molecule has 2 heteroatoms. The van der Waals surface area contributed by atoms with E-state index in [9.17, 15) is 0 Å². The summed E-state index contributed by atoms with van der Waals surface area (Å²) in [5.74, 6) is 0. The highest BCUT2D eigenvalue weighted by atomic mass is 15.1. The molecule has 0 amide bonds. The molecule has 0 atom stereocenters. The maximum absolute atomic E-state index is 3.16. The van der Waals surface area contributed by atoms with E-state index in [2.05, 4.69) is 72.7 Å². The summed E-state index contributed by atoms with van der Waals surface area (Å²) in [4.78, 5) is 2.21. The number of rotatable bonds is 5. The van der Waals surface area contributed by atoms with Crippen LogP contribution in [-0.2, 0) is 13.0 Å². The Balaban J connectivity index is 2.15. The Morgan fingerprint density at radius 3 is 1.74 bits per heavy atom. The Morgan fingerprint density at radius 1 is 0.842 bits per heavy atom. The van der Waals surface area contributed by atoms with Crippen LogP contribution in [0.15, 0.2) is 48.5 Å². The van der Waals surface area contributed by atoms with Crippen molar-refractivity contribution in [2.75, 3.05) is 19.0 Å². The van der Waals surface area contributed by atoms with Crippen molar-refractivity contribution < 1.29 is 0 Å². The highest BCUT2D eigenvalue weighted by molar-refractivity contribution is 5.62. The van der Waals surface area contributed by atoms with Gasteiger partial charge in [0.2, 0.25) is 0 Å². The number of nitrogens with one attached hydrogen (secondary N) is 1. The summed E-state index contributed by atoms with van der Waals surface area (Å²) in [6, 6.07) is 17.4. The first-order valence-corrected chi connectivity index (χ1v) is 6.80. The van der Waals surface area contributed by atoms with Gasteiger partial charge in [-0.2, -0.15) is 0 Å². The molecule has 0 aliphatic carbocycles. The smallest absolute Gasteiger partial charge is 0.0408 e. The Labute approximate surface area is 116 Å². The fraction of sp³-hybridized carbons (Fsp3) is 0.294. The average molecular weight is 254 g/mol. The molecular weight excluding hydrogens is 232 g/mol. The average Bonchev–Trinajstić information content (AvgIpc) is 2.48. The largest absolute Gasteiger partial charge is 0.345 e. The van der Waals surface area contributed by atoms with Gasteiger partial charge in [0.25, 0.3) is 0 Å². The van der Waals surface area contributed by atoms with Crippen LogP contribution in [0.1, 0.15) is 18.1 Å². The SMILES string of the molecule is CCc1ccc(N(C)c2ccc(CNC)cc2)cc1. The summed E-state index contributed by atoms with van der Waals surface area (Å²) >= 11 is 0.